The van der Waals surface area contributed by atoms with Gasteiger partial charge in [-0.1, -0.05) is 19.7 Å². The molecule has 6 nitrogen and oxygen atoms in total. The summed E-state index contributed by atoms with van der Waals surface area (Å²) in [4.78, 5) is 31.6. The van der Waals surface area contributed by atoms with Gasteiger partial charge < -0.3 is 14.2 Å². The molecule has 0 aromatic rings. The van der Waals surface area contributed by atoms with E-state index in [9.17, 15) is 49.5 Å². The number of hydrogen-bond acceptors (Lipinski definition) is 6. The molecule has 0 spiro atoms. The van der Waals surface area contributed by atoms with Crippen molar-refractivity contribution in [3.8, 4) is 0 Å². The molecule has 1 atom stereocenters. The normalized spacial score (nSPS) is 11.9. The first-order valence-electron chi connectivity index (χ1n) is 9.49. The second-order valence-electron chi connectivity index (χ2n) is 6.87. The van der Waals surface area contributed by atoms with E-state index in [0.717, 1.165) is 6.92 Å². The van der Waals surface area contributed by atoms with Crippen LogP contribution >= 0.6 is 0 Å². The summed E-state index contributed by atoms with van der Waals surface area (Å²) in [5, 5.41) is 0. The second-order valence-corrected chi connectivity index (χ2v) is 6.87. The Morgan fingerprint density at radius 1 is 0.743 bits per heavy atom. The fourth-order valence-electron chi connectivity index (χ4n) is 1.22. The van der Waals surface area contributed by atoms with Crippen molar-refractivity contribution in [3.05, 3.63) is 36.5 Å². The molecule has 0 heterocycles. The summed E-state index contributed by atoms with van der Waals surface area (Å²) < 4.78 is 108. The second kappa shape index (κ2) is 15.9. The fourth-order valence-corrected chi connectivity index (χ4v) is 1.22. The Kier molecular flexibility index (Phi) is 16.6. The summed E-state index contributed by atoms with van der Waals surface area (Å²) in [6.07, 6.45) is -13.9. The molecule has 0 aliphatic rings. The molecule has 0 fully saturated rings. The van der Waals surface area contributed by atoms with E-state index in [1.807, 2.05) is 0 Å². The number of rotatable bonds is 8. The average Bonchev–Trinajstić information content (AvgIpc) is 2.64. The van der Waals surface area contributed by atoms with E-state index in [4.69, 9.17) is 0 Å². The maximum absolute atomic E-state index is 12.5. The third-order valence-corrected chi connectivity index (χ3v) is 2.94. The molecule has 0 radical (unpaired) electrons. The number of carbonyl (C=O) groups is 3. The van der Waals surface area contributed by atoms with Crippen molar-refractivity contribution < 1.29 is 63.7 Å². The van der Waals surface area contributed by atoms with E-state index >= 15 is 0 Å². The van der Waals surface area contributed by atoms with Crippen LogP contribution in [0.15, 0.2) is 36.5 Å². The minimum absolute atomic E-state index is 0.0499. The molecule has 0 saturated carbocycles. The monoisotopic (exact) mass is 528 g/mol. The largest absolute Gasteiger partial charge is 0.463 e. The van der Waals surface area contributed by atoms with E-state index < -0.39 is 49.3 Å². The van der Waals surface area contributed by atoms with Gasteiger partial charge >= 0.3 is 30.3 Å². The Labute approximate surface area is 197 Å². The first kappa shape index (κ1) is 36.6. The zero-order chi connectivity index (χ0) is 28.8. The number of hydrogen-bond donors (Lipinski definition) is 0. The highest BCUT2D eigenvalue weighted by molar-refractivity contribution is 5.87. The summed E-state index contributed by atoms with van der Waals surface area (Å²) in [7, 11) is 0. The van der Waals surface area contributed by atoms with Crippen molar-refractivity contribution in [2.75, 3.05) is 13.2 Å². The van der Waals surface area contributed by atoms with Gasteiger partial charge in [-0.05, 0) is 34.6 Å². The van der Waals surface area contributed by atoms with Crippen molar-refractivity contribution in [2.45, 2.75) is 65.4 Å². The highest BCUT2D eigenvalue weighted by Crippen LogP contribution is 2.31. The number of alkyl halides is 8. The molecule has 35 heavy (non-hydrogen) atoms. The minimum Gasteiger partial charge on any atom is -0.463 e. The van der Waals surface area contributed by atoms with Gasteiger partial charge in [0, 0.05) is 16.7 Å². The first-order valence-corrected chi connectivity index (χ1v) is 9.49. The van der Waals surface area contributed by atoms with E-state index in [0.29, 0.717) is 12.2 Å². The lowest BCUT2D eigenvalue weighted by atomic mass is 10.2. The predicted molar refractivity (Wildman–Crippen MR) is 109 cm³/mol. The van der Waals surface area contributed by atoms with Gasteiger partial charge in [-0.25, -0.2) is 23.2 Å². The van der Waals surface area contributed by atoms with E-state index in [-0.39, 0.29) is 17.1 Å². The molecular formula is C21H28F8O6. The molecule has 0 bridgehead atoms. The molecule has 0 N–H and O–H groups in total. The van der Waals surface area contributed by atoms with Crippen molar-refractivity contribution in [1.82, 2.24) is 0 Å². The Bertz CT molecular complexity index is 754. The maximum Gasteiger partial charge on any atom is 0.425 e. The molecular weight excluding hydrogens is 500 g/mol. The van der Waals surface area contributed by atoms with Gasteiger partial charge in [-0.2, -0.15) is 26.3 Å². The van der Waals surface area contributed by atoms with Crippen molar-refractivity contribution >= 4 is 17.9 Å². The molecule has 14 heteroatoms. The predicted octanol–water partition coefficient (Wildman–Crippen LogP) is 5.88. The van der Waals surface area contributed by atoms with Gasteiger partial charge in [0.1, 0.15) is 6.42 Å². The van der Waals surface area contributed by atoms with Crippen LogP contribution in [0.4, 0.5) is 35.1 Å². The van der Waals surface area contributed by atoms with Crippen molar-refractivity contribution in [2.24, 2.45) is 0 Å². The van der Waals surface area contributed by atoms with Crippen LogP contribution in [-0.4, -0.2) is 55.5 Å². The van der Waals surface area contributed by atoms with Crippen LogP contribution in [-0.2, 0) is 28.6 Å². The summed E-state index contributed by atoms with van der Waals surface area (Å²) in [5.41, 5.74) is 0.246. The lowest BCUT2D eigenvalue weighted by Crippen LogP contribution is -2.31. The lowest BCUT2D eigenvalue weighted by Gasteiger charge is -2.17. The zero-order valence-corrected chi connectivity index (χ0v) is 19.8. The van der Waals surface area contributed by atoms with Gasteiger partial charge in [-0.15, -0.1) is 0 Å². The molecule has 0 aliphatic heterocycles. The van der Waals surface area contributed by atoms with Gasteiger partial charge in [0.15, 0.2) is 12.7 Å². The van der Waals surface area contributed by atoms with E-state index in [1.165, 1.54) is 13.8 Å². The quantitative estimate of drug-likeness (QED) is 0.170. The zero-order valence-electron chi connectivity index (χ0n) is 19.8. The van der Waals surface area contributed by atoms with Gasteiger partial charge in [0.25, 0.3) is 5.92 Å². The SMILES string of the molecule is C=C(C)C(=O)OC(C)C(F)(F)F.C=C(C)C(=O)OCC.C=C(C)C(=O)OCC(F)(F)CC(F)(F)F. The van der Waals surface area contributed by atoms with Crippen molar-refractivity contribution in [3.63, 3.8) is 0 Å². The standard InChI is InChI=1S/C8H9F5O2.C7H9F3O2.C6H10O2/c1-5(2)6(14)15-4-7(9,10)3-8(11,12)13;1-4(2)6(11)12-5(3)7(8,9)10;1-4-8-6(7)5(2)3/h1,3-4H2,2H3;5H,1H2,2-3H3;2,4H2,1,3H3. The maximum atomic E-state index is 12.5. The van der Waals surface area contributed by atoms with Crippen LogP contribution in [0.5, 0.6) is 0 Å². The van der Waals surface area contributed by atoms with Crippen molar-refractivity contribution in [1.29, 1.82) is 0 Å². The van der Waals surface area contributed by atoms with E-state index in [1.54, 1.807) is 13.8 Å². The highest BCUT2D eigenvalue weighted by atomic mass is 19.4. The molecule has 0 rings (SSSR count). The molecule has 1 unspecified atom stereocenters. The molecule has 0 amide bonds. The highest BCUT2D eigenvalue weighted by Gasteiger charge is 2.44. The van der Waals surface area contributed by atoms with E-state index in [2.05, 4.69) is 33.9 Å². The third kappa shape index (κ3) is 22.6. The first-order chi connectivity index (χ1) is 15.5. The molecule has 0 aromatic carbocycles. The third-order valence-electron chi connectivity index (χ3n) is 2.94. The lowest BCUT2D eigenvalue weighted by molar-refractivity contribution is -0.213. The summed E-state index contributed by atoms with van der Waals surface area (Å²) >= 11 is 0. The Hall–Kier alpha value is -2.93. The van der Waals surface area contributed by atoms with Crippen LogP contribution in [0, 0.1) is 0 Å². The number of halogens is 8. The molecule has 0 aromatic heterocycles. The fraction of sp³-hybridized carbons (Fsp3) is 0.571. The number of ether oxygens (including phenoxy) is 3. The summed E-state index contributed by atoms with van der Waals surface area (Å²) in [6.45, 7) is 15.1. The number of esters is 3. The van der Waals surface area contributed by atoms with Crippen LogP contribution in [0.3, 0.4) is 0 Å². The molecule has 204 valence electrons. The summed E-state index contributed by atoms with van der Waals surface area (Å²) in [6, 6.07) is 0. The topological polar surface area (TPSA) is 78.9 Å². The Morgan fingerprint density at radius 3 is 1.37 bits per heavy atom. The molecule has 0 aliphatic carbocycles. The van der Waals surface area contributed by atoms with Gasteiger partial charge in [-0.3, -0.25) is 0 Å². The van der Waals surface area contributed by atoms with Gasteiger partial charge in [0.2, 0.25) is 0 Å². The Morgan fingerprint density at radius 2 is 1.11 bits per heavy atom. The smallest absolute Gasteiger partial charge is 0.425 e. The van der Waals surface area contributed by atoms with Crippen LogP contribution in [0.2, 0.25) is 0 Å². The van der Waals surface area contributed by atoms with Crippen LogP contribution in [0.1, 0.15) is 41.0 Å². The summed E-state index contributed by atoms with van der Waals surface area (Å²) in [5.74, 6) is -6.59. The average molecular weight is 528 g/mol. The van der Waals surface area contributed by atoms with Crippen LogP contribution in [0.25, 0.3) is 0 Å². The Balaban J connectivity index is -0.000000460. The van der Waals surface area contributed by atoms with Gasteiger partial charge in [0.05, 0.1) is 6.61 Å². The molecule has 0 saturated heterocycles. The number of carbonyl (C=O) groups excluding carboxylic acids is 3. The minimum atomic E-state index is -5.00. The van der Waals surface area contributed by atoms with Crippen LogP contribution < -0.4 is 0 Å².